The highest BCUT2D eigenvalue weighted by atomic mass is 32.1. The predicted molar refractivity (Wildman–Crippen MR) is 106 cm³/mol. The van der Waals surface area contributed by atoms with Gasteiger partial charge in [0, 0.05) is 0 Å². The second-order valence-electron chi connectivity index (χ2n) is 6.96. The van der Waals surface area contributed by atoms with Gasteiger partial charge in [0.25, 0.3) is 0 Å². The molecule has 0 radical (unpaired) electrons. The first-order valence-electron chi connectivity index (χ1n) is 8.92. The summed E-state index contributed by atoms with van der Waals surface area (Å²) in [4.78, 5) is 27.3. The Kier molecular flexibility index (Phi) is 6.96. The number of carboxylic acids is 1. The fraction of sp³-hybridized carbons (Fsp3) is 0.450. The van der Waals surface area contributed by atoms with E-state index in [-0.39, 0.29) is 22.6 Å². The highest BCUT2D eigenvalue weighted by Gasteiger charge is 2.18. The maximum Gasteiger partial charge on any atom is 0.347 e. The number of aromatic carboxylic acids is 1. The van der Waals surface area contributed by atoms with Gasteiger partial charge in [0.15, 0.2) is 0 Å². The highest BCUT2D eigenvalue weighted by Crippen LogP contribution is 2.28. The topological polar surface area (TPSA) is 88.5 Å². The number of benzene rings is 1. The maximum absolute atomic E-state index is 12.0. The van der Waals surface area contributed by atoms with Crippen LogP contribution in [0.25, 0.3) is 0 Å². The highest BCUT2D eigenvalue weighted by molar-refractivity contribution is 7.13. The van der Waals surface area contributed by atoms with Crippen molar-refractivity contribution in [1.82, 2.24) is 10.3 Å². The van der Waals surface area contributed by atoms with Gasteiger partial charge in [0.2, 0.25) is 5.91 Å². The standard InChI is InChI=1S/C20H26N2O4S/c1-5-20(3,4)14-6-8-15(9-7-14)26-11-10-21-16(23)12-17-22-13(2)18(27-17)19(24)25/h6-9H,5,10-12H2,1-4H3,(H,21,23)(H,24,25). The zero-order valence-corrected chi connectivity index (χ0v) is 17.0. The molecule has 2 rings (SSSR count). The molecule has 0 aliphatic carbocycles. The SMILES string of the molecule is CCC(C)(C)c1ccc(OCCNC(=O)Cc2nc(C)c(C(=O)O)s2)cc1. The molecule has 27 heavy (non-hydrogen) atoms. The van der Waals surface area contributed by atoms with Gasteiger partial charge in [-0.1, -0.05) is 32.9 Å². The summed E-state index contributed by atoms with van der Waals surface area (Å²) >= 11 is 1.03. The first kappa shape index (κ1) is 20.9. The third-order valence-electron chi connectivity index (χ3n) is 4.56. The molecule has 0 spiro atoms. The minimum Gasteiger partial charge on any atom is -0.492 e. The molecule has 0 saturated carbocycles. The molecule has 1 aromatic heterocycles. The van der Waals surface area contributed by atoms with E-state index in [2.05, 4.69) is 43.2 Å². The first-order valence-corrected chi connectivity index (χ1v) is 9.74. The van der Waals surface area contributed by atoms with Gasteiger partial charge >= 0.3 is 5.97 Å². The Morgan fingerprint density at radius 1 is 1.26 bits per heavy atom. The zero-order chi connectivity index (χ0) is 20.0. The number of aryl methyl sites for hydroxylation is 1. The van der Waals surface area contributed by atoms with Crippen molar-refractivity contribution in [3.8, 4) is 5.75 Å². The number of carbonyl (C=O) groups is 2. The summed E-state index contributed by atoms with van der Waals surface area (Å²) in [5.74, 6) is -0.454. The van der Waals surface area contributed by atoms with Crippen LogP contribution < -0.4 is 10.1 Å². The van der Waals surface area contributed by atoms with Gasteiger partial charge in [-0.25, -0.2) is 9.78 Å². The van der Waals surface area contributed by atoms with Gasteiger partial charge in [0.1, 0.15) is 22.2 Å². The molecule has 146 valence electrons. The van der Waals surface area contributed by atoms with Gasteiger partial charge in [-0.15, -0.1) is 11.3 Å². The summed E-state index contributed by atoms with van der Waals surface area (Å²) in [7, 11) is 0. The maximum atomic E-state index is 12.0. The first-order chi connectivity index (χ1) is 12.7. The Morgan fingerprint density at radius 2 is 1.93 bits per heavy atom. The van der Waals surface area contributed by atoms with Crippen LogP contribution in [-0.2, 0) is 16.6 Å². The zero-order valence-electron chi connectivity index (χ0n) is 16.2. The van der Waals surface area contributed by atoms with E-state index in [4.69, 9.17) is 9.84 Å². The summed E-state index contributed by atoms with van der Waals surface area (Å²) in [5.41, 5.74) is 1.85. The molecule has 2 N–H and O–H groups in total. The molecule has 0 unspecified atom stereocenters. The second kappa shape index (κ2) is 8.99. The number of nitrogens with one attached hydrogen (secondary N) is 1. The third kappa shape index (κ3) is 5.79. The minimum atomic E-state index is -1.02. The van der Waals surface area contributed by atoms with Crippen molar-refractivity contribution < 1.29 is 19.4 Å². The van der Waals surface area contributed by atoms with Crippen LogP contribution >= 0.6 is 11.3 Å². The molecule has 0 atom stereocenters. The van der Waals surface area contributed by atoms with Gasteiger partial charge in [-0.2, -0.15) is 0 Å². The van der Waals surface area contributed by atoms with Crippen LogP contribution in [0.5, 0.6) is 5.75 Å². The van der Waals surface area contributed by atoms with E-state index in [1.807, 2.05) is 12.1 Å². The second-order valence-corrected chi connectivity index (χ2v) is 8.05. The van der Waals surface area contributed by atoms with Crippen LogP contribution in [0, 0.1) is 6.92 Å². The molecule has 0 saturated heterocycles. The predicted octanol–water partition coefficient (Wildman–Crippen LogP) is 3.58. The van der Waals surface area contributed by atoms with Crippen molar-refractivity contribution in [2.24, 2.45) is 0 Å². The molecule has 0 aliphatic heterocycles. The summed E-state index contributed by atoms with van der Waals surface area (Å²) in [6.07, 6.45) is 1.13. The van der Waals surface area contributed by atoms with Crippen molar-refractivity contribution in [3.05, 3.63) is 45.4 Å². The van der Waals surface area contributed by atoms with E-state index in [0.717, 1.165) is 23.5 Å². The van der Waals surface area contributed by atoms with E-state index in [1.165, 1.54) is 5.56 Å². The van der Waals surface area contributed by atoms with Gasteiger partial charge in [0.05, 0.1) is 18.7 Å². The van der Waals surface area contributed by atoms with E-state index >= 15 is 0 Å². The van der Waals surface area contributed by atoms with Crippen LogP contribution in [0.15, 0.2) is 24.3 Å². The summed E-state index contributed by atoms with van der Waals surface area (Å²) in [6, 6.07) is 8.03. The van der Waals surface area contributed by atoms with E-state index < -0.39 is 5.97 Å². The largest absolute Gasteiger partial charge is 0.492 e. The van der Waals surface area contributed by atoms with Crippen LogP contribution in [-0.4, -0.2) is 35.1 Å². The van der Waals surface area contributed by atoms with Gasteiger partial charge in [-0.05, 0) is 36.5 Å². The molecule has 7 heteroatoms. The number of aromatic nitrogens is 1. The lowest BCUT2D eigenvalue weighted by molar-refractivity contribution is -0.120. The molecule has 1 aromatic carbocycles. The summed E-state index contributed by atoms with van der Waals surface area (Å²) in [5, 5.41) is 12.3. The average molecular weight is 391 g/mol. The fourth-order valence-corrected chi connectivity index (χ4v) is 3.39. The lowest BCUT2D eigenvalue weighted by atomic mass is 9.82. The van der Waals surface area contributed by atoms with Gasteiger partial charge in [-0.3, -0.25) is 4.79 Å². The lowest BCUT2D eigenvalue weighted by Gasteiger charge is -2.23. The van der Waals surface area contributed by atoms with Crippen molar-refractivity contribution >= 4 is 23.2 Å². The molecule has 1 amide bonds. The van der Waals surface area contributed by atoms with Crippen LogP contribution in [0.3, 0.4) is 0 Å². The number of rotatable bonds is 9. The molecule has 0 aliphatic rings. The number of carbonyl (C=O) groups excluding carboxylic acids is 1. The van der Waals surface area contributed by atoms with E-state index in [9.17, 15) is 9.59 Å². The summed E-state index contributed by atoms with van der Waals surface area (Å²) < 4.78 is 5.66. The monoisotopic (exact) mass is 390 g/mol. The van der Waals surface area contributed by atoms with Crippen LogP contribution in [0.2, 0.25) is 0 Å². The Balaban J connectivity index is 1.75. The molecular weight excluding hydrogens is 364 g/mol. The molecule has 6 nitrogen and oxygen atoms in total. The number of nitrogens with zero attached hydrogens (tertiary/aromatic N) is 1. The molecule has 1 heterocycles. The van der Waals surface area contributed by atoms with Crippen molar-refractivity contribution in [2.45, 2.75) is 46.0 Å². The van der Waals surface area contributed by atoms with Crippen molar-refractivity contribution in [3.63, 3.8) is 0 Å². The Labute approximate surface area is 163 Å². The number of ether oxygens (including phenoxy) is 1. The third-order valence-corrected chi connectivity index (χ3v) is 5.70. The Hall–Kier alpha value is -2.41. The quantitative estimate of drug-likeness (QED) is 0.639. The average Bonchev–Trinajstić information content (AvgIpc) is 2.99. The van der Waals surface area contributed by atoms with Crippen molar-refractivity contribution in [1.29, 1.82) is 0 Å². The van der Waals surface area contributed by atoms with E-state index in [0.29, 0.717) is 23.9 Å². The van der Waals surface area contributed by atoms with Crippen LogP contribution in [0.4, 0.5) is 0 Å². The normalized spacial score (nSPS) is 11.3. The Bertz CT molecular complexity index is 797. The summed E-state index contributed by atoms with van der Waals surface area (Å²) in [6.45, 7) is 8.95. The molecular formula is C20H26N2O4S. The number of thiazole rings is 1. The lowest BCUT2D eigenvalue weighted by Crippen LogP contribution is -2.29. The number of hydrogen-bond acceptors (Lipinski definition) is 5. The molecule has 2 aromatic rings. The molecule has 0 fully saturated rings. The van der Waals surface area contributed by atoms with Crippen LogP contribution in [0.1, 0.15) is 53.1 Å². The minimum absolute atomic E-state index is 0.0690. The van der Waals surface area contributed by atoms with Crippen molar-refractivity contribution in [2.75, 3.05) is 13.2 Å². The number of hydrogen-bond donors (Lipinski definition) is 2. The van der Waals surface area contributed by atoms with Gasteiger partial charge < -0.3 is 15.2 Å². The fourth-order valence-electron chi connectivity index (χ4n) is 2.49. The number of carboxylic acid groups (broad SMARTS) is 1. The van der Waals surface area contributed by atoms with E-state index in [1.54, 1.807) is 6.92 Å². The molecule has 0 bridgehead atoms. The Morgan fingerprint density at radius 3 is 2.48 bits per heavy atom. The smallest absolute Gasteiger partial charge is 0.347 e. The number of amides is 1.